The highest BCUT2D eigenvalue weighted by Gasteiger charge is 2.24. The molecular formula is C14H17Cl2N3O3. The van der Waals surface area contributed by atoms with Crippen molar-refractivity contribution < 1.29 is 14.3 Å². The van der Waals surface area contributed by atoms with E-state index in [9.17, 15) is 9.59 Å². The lowest BCUT2D eigenvalue weighted by Gasteiger charge is -2.31. The van der Waals surface area contributed by atoms with Gasteiger partial charge in [0.25, 0.3) is 0 Å². The molecule has 1 aromatic rings. The van der Waals surface area contributed by atoms with E-state index in [1.807, 2.05) is 0 Å². The van der Waals surface area contributed by atoms with Crippen molar-refractivity contribution in [3.8, 4) is 0 Å². The van der Waals surface area contributed by atoms with Crippen molar-refractivity contribution in [2.75, 3.05) is 25.5 Å². The second kappa shape index (κ2) is 7.56. The van der Waals surface area contributed by atoms with Gasteiger partial charge >= 0.3 is 12.1 Å². The second-order valence-electron chi connectivity index (χ2n) is 4.95. The minimum absolute atomic E-state index is 0.00646. The molecule has 0 atom stereocenters. The summed E-state index contributed by atoms with van der Waals surface area (Å²) in [4.78, 5) is 25.0. The molecule has 0 saturated carbocycles. The molecule has 1 saturated heterocycles. The maximum Gasteiger partial charge on any atom is 0.409 e. The highest BCUT2D eigenvalue weighted by Crippen LogP contribution is 2.25. The Morgan fingerprint density at radius 3 is 2.55 bits per heavy atom. The molecule has 0 unspecified atom stereocenters. The standard InChI is InChI=1S/C14H17Cl2N3O3/c1-22-14(21)19-6-4-10(5-7-19)17-13(20)18-12-3-2-9(15)8-11(12)16/h2-3,8,10H,4-7H2,1H3,(H2,17,18,20). The highest BCUT2D eigenvalue weighted by atomic mass is 35.5. The molecule has 0 aromatic heterocycles. The van der Waals surface area contributed by atoms with Gasteiger partial charge in [0.05, 0.1) is 17.8 Å². The fourth-order valence-electron chi connectivity index (χ4n) is 2.27. The third-order valence-corrected chi connectivity index (χ3v) is 3.99. The summed E-state index contributed by atoms with van der Waals surface area (Å²) in [5.41, 5.74) is 0.496. The molecule has 8 heteroatoms. The third-order valence-electron chi connectivity index (χ3n) is 3.44. The number of halogens is 2. The molecule has 2 rings (SSSR count). The summed E-state index contributed by atoms with van der Waals surface area (Å²) < 4.78 is 4.67. The quantitative estimate of drug-likeness (QED) is 0.863. The third kappa shape index (κ3) is 4.42. The van der Waals surface area contributed by atoms with Gasteiger partial charge in [0.2, 0.25) is 0 Å². The zero-order chi connectivity index (χ0) is 16.1. The lowest BCUT2D eigenvalue weighted by atomic mass is 10.1. The summed E-state index contributed by atoms with van der Waals surface area (Å²) in [6.45, 7) is 1.11. The number of rotatable bonds is 2. The van der Waals surface area contributed by atoms with Crippen molar-refractivity contribution in [2.24, 2.45) is 0 Å². The molecule has 0 radical (unpaired) electrons. The predicted molar refractivity (Wildman–Crippen MR) is 85.6 cm³/mol. The topological polar surface area (TPSA) is 70.7 Å². The van der Waals surface area contributed by atoms with Crippen molar-refractivity contribution in [3.63, 3.8) is 0 Å². The number of hydrogen-bond donors (Lipinski definition) is 2. The van der Waals surface area contributed by atoms with Crippen LogP contribution in [0.15, 0.2) is 18.2 Å². The van der Waals surface area contributed by atoms with E-state index in [1.165, 1.54) is 7.11 Å². The van der Waals surface area contributed by atoms with Gasteiger partial charge in [-0.15, -0.1) is 0 Å². The summed E-state index contributed by atoms with van der Waals surface area (Å²) in [5.74, 6) is 0. The number of carbonyl (C=O) groups excluding carboxylic acids is 2. The molecule has 120 valence electrons. The first-order chi connectivity index (χ1) is 10.5. The number of hydrogen-bond acceptors (Lipinski definition) is 3. The predicted octanol–water partition coefficient (Wildman–Crippen LogP) is 3.35. The average Bonchev–Trinajstić information content (AvgIpc) is 2.50. The highest BCUT2D eigenvalue weighted by molar-refractivity contribution is 6.36. The van der Waals surface area contributed by atoms with Crippen LogP contribution in [0, 0.1) is 0 Å². The molecule has 1 aromatic carbocycles. The Morgan fingerprint density at radius 2 is 1.95 bits per heavy atom. The molecule has 1 fully saturated rings. The maximum atomic E-state index is 12.0. The Kier molecular flexibility index (Phi) is 5.74. The van der Waals surface area contributed by atoms with Crippen molar-refractivity contribution in [1.82, 2.24) is 10.2 Å². The van der Waals surface area contributed by atoms with Gasteiger partial charge in [-0.2, -0.15) is 0 Å². The summed E-state index contributed by atoms with van der Waals surface area (Å²) in [6, 6.07) is 4.53. The average molecular weight is 346 g/mol. The summed E-state index contributed by atoms with van der Waals surface area (Å²) in [6.07, 6.45) is 1.02. The van der Waals surface area contributed by atoms with Crippen LogP contribution in [-0.4, -0.2) is 43.3 Å². The van der Waals surface area contributed by atoms with E-state index in [1.54, 1.807) is 23.1 Å². The SMILES string of the molecule is COC(=O)N1CCC(NC(=O)Nc2ccc(Cl)cc2Cl)CC1. The first kappa shape index (κ1) is 16.7. The van der Waals surface area contributed by atoms with E-state index in [0.717, 1.165) is 0 Å². The van der Waals surface area contributed by atoms with Crippen LogP contribution in [0.25, 0.3) is 0 Å². The number of anilines is 1. The monoisotopic (exact) mass is 345 g/mol. The summed E-state index contributed by atoms with van der Waals surface area (Å²) in [5, 5.41) is 6.43. The van der Waals surface area contributed by atoms with Gasteiger partial charge in [-0.25, -0.2) is 9.59 Å². The van der Waals surface area contributed by atoms with Crippen LogP contribution in [0.4, 0.5) is 15.3 Å². The largest absolute Gasteiger partial charge is 0.453 e. The van der Waals surface area contributed by atoms with E-state index < -0.39 is 0 Å². The number of amides is 3. The van der Waals surface area contributed by atoms with Gasteiger partial charge in [0, 0.05) is 24.2 Å². The molecule has 0 spiro atoms. The number of benzene rings is 1. The zero-order valence-corrected chi connectivity index (χ0v) is 13.6. The normalized spacial score (nSPS) is 15.3. The van der Waals surface area contributed by atoms with E-state index >= 15 is 0 Å². The van der Waals surface area contributed by atoms with Crippen molar-refractivity contribution >= 4 is 41.0 Å². The molecule has 0 aliphatic carbocycles. The molecule has 6 nitrogen and oxygen atoms in total. The number of urea groups is 1. The molecule has 0 bridgehead atoms. The van der Waals surface area contributed by atoms with Crippen molar-refractivity contribution in [2.45, 2.75) is 18.9 Å². The van der Waals surface area contributed by atoms with Crippen LogP contribution in [0.3, 0.4) is 0 Å². The van der Waals surface area contributed by atoms with Crippen LogP contribution < -0.4 is 10.6 Å². The molecule has 1 heterocycles. The number of nitrogens with zero attached hydrogens (tertiary/aromatic N) is 1. The first-order valence-corrected chi connectivity index (χ1v) is 7.60. The van der Waals surface area contributed by atoms with Gasteiger partial charge < -0.3 is 20.3 Å². The van der Waals surface area contributed by atoms with Gasteiger partial charge in [-0.3, -0.25) is 0 Å². The lowest BCUT2D eigenvalue weighted by Crippen LogP contribution is -2.47. The Morgan fingerprint density at radius 1 is 1.27 bits per heavy atom. The molecule has 1 aliphatic rings. The van der Waals surface area contributed by atoms with Gasteiger partial charge in [0.15, 0.2) is 0 Å². The smallest absolute Gasteiger partial charge is 0.409 e. The summed E-state index contributed by atoms with van der Waals surface area (Å²) >= 11 is 11.8. The second-order valence-corrected chi connectivity index (χ2v) is 5.80. The minimum atomic E-state index is -0.337. The van der Waals surface area contributed by atoms with E-state index in [0.29, 0.717) is 41.7 Å². The number of carbonyl (C=O) groups is 2. The zero-order valence-electron chi connectivity index (χ0n) is 12.1. The summed E-state index contributed by atoms with van der Waals surface area (Å²) in [7, 11) is 1.36. The fraction of sp³-hybridized carbons (Fsp3) is 0.429. The van der Waals surface area contributed by atoms with Crippen molar-refractivity contribution in [1.29, 1.82) is 0 Å². The fourth-order valence-corrected chi connectivity index (χ4v) is 2.73. The molecule has 1 aliphatic heterocycles. The number of likely N-dealkylation sites (tertiary alicyclic amines) is 1. The molecular weight excluding hydrogens is 329 g/mol. The Labute approximate surface area is 138 Å². The molecule has 2 N–H and O–H groups in total. The number of piperidine rings is 1. The number of nitrogens with one attached hydrogen (secondary N) is 2. The van der Waals surface area contributed by atoms with Crippen LogP contribution >= 0.6 is 23.2 Å². The maximum absolute atomic E-state index is 12.0. The Bertz CT molecular complexity index is 560. The van der Waals surface area contributed by atoms with Crippen LogP contribution in [-0.2, 0) is 4.74 Å². The van der Waals surface area contributed by atoms with Crippen LogP contribution in [0.5, 0.6) is 0 Å². The number of ether oxygens (including phenoxy) is 1. The van der Waals surface area contributed by atoms with Crippen molar-refractivity contribution in [3.05, 3.63) is 28.2 Å². The Hall–Kier alpha value is -1.66. The van der Waals surface area contributed by atoms with Crippen LogP contribution in [0.1, 0.15) is 12.8 Å². The van der Waals surface area contributed by atoms with E-state index in [-0.39, 0.29) is 18.2 Å². The number of methoxy groups -OCH3 is 1. The van der Waals surface area contributed by atoms with Gasteiger partial charge in [-0.05, 0) is 31.0 Å². The molecule has 3 amide bonds. The van der Waals surface area contributed by atoms with E-state index in [2.05, 4.69) is 15.4 Å². The lowest BCUT2D eigenvalue weighted by molar-refractivity contribution is 0.110. The van der Waals surface area contributed by atoms with Gasteiger partial charge in [-0.1, -0.05) is 23.2 Å². The minimum Gasteiger partial charge on any atom is -0.453 e. The first-order valence-electron chi connectivity index (χ1n) is 6.85. The molecule has 22 heavy (non-hydrogen) atoms. The van der Waals surface area contributed by atoms with Gasteiger partial charge in [0.1, 0.15) is 0 Å². The van der Waals surface area contributed by atoms with E-state index in [4.69, 9.17) is 23.2 Å². The Balaban J connectivity index is 1.82. The van der Waals surface area contributed by atoms with Crippen LogP contribution in [0.2, 0.25) is 10.0 Å².